The molecule has 0 heterocycles. The zero-order valence-corrected chi connectivity index (χ0v) is 21.4. The summed E-state index contributed by atoms with van der Waals surface area (Å²) in [6.07, 6.45) is 7.82. The fourth-order valence-corrected chi connectivity index (χ4v) is 3.30. The third kappa shape index (κ3) is 12.4. The lowest BCUT2D eigenvalue weighted by Crippen LogP contribution is -2.38. The summed E-state index contributed by atoms with van der Waals surface area (Å²) >= 11 is 0. The quantitative estimate of drug-likeness (QED) is 0.139. The summed E-state index contributed by atoms with van der Waals surface area (Å²) in [4.78, 5) is 26.7. The molecule has 0 aliphatic carbocycles. The monoisotopic (exact) mass is 461 g/mol. The Morgan fingerprint density at radius 1 is 0.939 bits per heavy atom. The van der Waals surface area contributed by atoms with Gasteiger partial charge in [0.15, 0.2) is 0 Å². The number of carbonyl (C=O) groups excluding carboxylic acids is 2. The number of ether oxygens (including phenoxy) is 3. The van der Waals surface area contributed by atoms with Gasteiger partial charge in [0.2, 0.25) is 5.76 Å². The molecule has 0 unspecified atom stereocenters. The molecule has 6 heteroatoms. The number of hydrogen-bond acceptors (Lipinski definition) is 5. The molecule has 0 aliphatic heterocycles. The van der Waals surface area contributed by atoms with Crippen molar-refractivity contribution in [3.05, 3.63) is 41.2 Å². The lowest BCUT2D eigenvalue weighted by molar-refractivity contribution is -0.142. The Balaban J connectivity index is 2.87. The standard InChI is InChI=1S/C27H43NO5/c1-7-10-11-12-13-18-28(26(30)33-27(4,5)6)19-17-22-15-14-16-23(20-22)21-24(31-8-2)25(29)32-9-3/h14-16,20-21H,7-13,17-19H2,1-6H3/b24-21-. The maximum absolute atomic E-state index is 12.7. The van der Waals surface area contributed by atoms with Gasteiger partial charge in [-0.1, -0.05) is 56.9 Å². The second-order valence-electron chi connectivity index (χ2n) is 9.04. The zero-order chi connectivity index (χ0) is 24.7. The summed E-state index contributed by atoms with van der Waals surface area (Å²) < 4.78 is 16.2. The molecule has 33 heavy (non-hydrogen) atoms. The largest absolute Gasteiger partial charge is 0.487 e. The summed E-state index contributed by atoms with van der Waals surface area (Å²) in [5.74, 6) is -0.275. The van der Waals surface area contributed by atoms with Crippen LogP contribution in [0.4, 0.5) is 4.79 Å². The van der Waals surface area contributed by atoms with Crippen molar-refractivity contribution < 1.29 is 23.8 Å². The van der Waals surface area contributed by atoms with Crippen molar-refractivity contribution in [1.29, 1.82) is 0 Å². The molecule has 0 radical (unpaired) electrons. The van der Waals surface area contributed by atoms with E-state index in [-0.39, 0.29) is 11.9 Å². The first-order chi connectivity index (χ1) is 15.7. The fourth-order valence-electron chi connectivity index (χ4n) is 3.30. The van der Waals surface area contributed by atoms with Crippen molar-refractivity contribution in [3.63, 3.8) is 0 Å². The van der Waals surface area contributed by atoms with Crippen LogP contribution in [0.5, 0.6) is 0 Å². The molecule has 0 N–H and O–H groups in total. The van der Waals surface area contributed by atoms with E-state index >= 15 is 0 Å². The number of unbranched alkanes of at least 4 members (excludes halogenated alkanes) is 4. The molecule has 1 aromatic rings. The average molecular weight is 462 g/mol. The van der Waals surface area contributed by atoms with Crippen molar-refractivity contribution in [2.45, 2.75) is 85.7 Å². The van der Waals surface area contributed by atoms with Gasteiger partial charge in [-0.2, -0.15) is 0 Å². The van der Waals surface area contributed by atoms with Crippen LogP contribution in [0.25, 0.3) is 6.08 Å². The molecule has 0 aliphatic rings. The van der Waals surface area contributed by atoms with Gasteiger partial charge in [0.1, 0.15) is 5.60 Å². The maximum atomic E-state index is 12.7. The van der Waals surface area contributed by atoms with E-state index in [0.717, 1.165) is 24.0 Å². The van der Waals surface area contributed by atoms with Crippen LogP contribution in [0.3, 0.4) is 0 Å². The highest BCUT2D eigenvalue weighted by molar-refractivity contribution is 5.91. The molecule has 0 fully saturated rings. The Bertz CT molecular complexity index is 751. The molecule has 0 spiro atoms. The molecular weight excluding hydrogens is 418 g/mol. The van der Waals surface area contributed by atoms with Crippen LogP contribution >= 0.6 is 0 Å². The van der Waals surface area contributed by atoms with Crippen LogP contribution in [0.15, 0.2) is 30.0 Å². The second kappa shape index (κ2) is 15.4. The number of amides is 1. The summed E-state index contributed by atoms with van der Waals surface area (Å²) in [7, 11) is 0. The van der Waals surface area contributed by atoms with E-state index in [1.54, 1.807) is 13.0 Å². The Morgan fingerprint density at radius 2 is 1.64 bits per heavy atom. The topological polar surface area (TPSA) is 65.1 Å². The average Bonchev–Trinajstić information content (AvgIpc) is 2.74. The van der Waals surface area contributed by atoms with Crippen molar-refractivity contribution in [2.24, 2.45) is 0 Å². The summed E-state index contributed by atoms with van der Waals surface area (Å²) in [6, 6.07) is 7.89. The van der Waals surface area contributed by atoms with E-state index in [4.69, 9.17) is 14.2 Å². The van der Waals surface area contributed by atoms with Gasteiger partial charge in [0.25, 0.3) is 0 Å². The Kier molecular flexibility index (Phi) is 13.3. The molecule has 1 rings (SSSR count). The molecular formula is C27H43NO5. The van der Waals surface area contributed by atoms with Gasteiger partial charge in [-0.25, -0.2) is 9.59 Å². The highest BCUT2D eigenvalue weighted by atomic mass is 16.6. The van der Waals surface area contributed by atoms with Crippen LogP contribution in [0.2, 0.25) is 0 Å². The minimum absolute atomic E-state index is 0.193. The van der Waals surface area contributed by atoms with Gasteiger partial charge >= 0.3 is 12.1 Å². The van der Waals surface area contributed by atoms with Gasteiger partial charge in [-0.05, 0) is 64.7 Å². The van der Waals surface area contributed by atoms with Gasteiger partial charge in [-0.15, -0.1) is 0 Å². The number of benzene rings is 1. The van der Waals surface area contributed by atoms with E-state index < -0.39 is 11.6 Å². The van der Waals surface area contributed by atoms with Gasteiger partial charge in [-0.3, -0.25) is 0 Å². The van der Waals surface area contributed by atoms with Gasteiger partial charge in [0.05, 0.1) is 13.2 Å². The summed E-state index contributed by atoms with van der Waals surface area (Å²) in [5, 5.41) is 0. The number of hydrogen-bond donors (Lipinski definition) is 0. The smallest absolute Gasteiger partial charge is 0.410 e. The Labute approximate surface area is 200 Å². The first kappa shape index (κ1) is 28.5. The van der Waals surface area contributed by atoms with Crippen LogP contribution in [-0.2, 0) is 25.4 Å². The predicted octanol–water partition coefficient (Wildman–Crippen LogP) is 6.38. The molecule has 0 bridgehead atoms. The molecule has 0 atom stereocenters. The number of carbonyl (C=O) groups is 2. The Hall–Kier alpha value is -2.50. The maximum Gasteiger partial charge on any atom is 0.410 e. The minimum atomic E-state index is -0.523. The summed E-state index contributed by atoms with van der Waals surface area (Å²) in [6.45, 7) is 13.4. The number of nitrogens with zero attached hydrogens (tertiary/aromatic N) is 1. The SMILES string of the molecule is CCCCCCCN(CCc1cccc(/C=C(\OCC)C(=O)OCC)c1)C(=O)OC(C)(C)C. The molecule has 1 aromatic carbocycles. The van der Waals surface area contributed by atoms with Crippen LogP contribution < -0.4 is 0 Å². The molecule has 0 aromatic heterocycles. The predicted molar refractivity (Wildman–Crippen MR) is 133 cm³/mol. The normalized spacial score (nSPS) is 11.8. The molecule has 0 saturated carbocycles. The second-order valence-corrected chi connectivity index (χ2v) is 9.04. The minimum Gasteiger partial charge on any atom is -0.487 e. The molecule has 6 nitrogen and oxygen atoms in total. The van der Waals surface area contributed by atoms with E-state index in [9.17, 15) is 9.59 Å². The van der Waals surface area contributed by atoms with E-state index in [1.165, 1.54) is 19.3 Å². The van der Waals surface area contributed by atoms with Crippen molar-refractivity contribution >= 4 is 18.1 Å². The van der Waals surface area contributed by atoms with E-state index in [2.05, 4.69) is 6.92 Å². The first-order valence-corrected chi connectivity index (χ1v) is 12.3. The fraction of sp³-hybridized carbons (Fsp3) is 0.630. The summed E-state index contributed by atoms with van der Waals surface area (Å²) in [5.41, 5.74) is 1.40. The molecule has 1 amide bonds. The van der Waals surface area contributed by atoms with Crippen molar-refractivity contribution in [3.8, 4) is 0 Å². The Morgan fingerprint density at radius 3 is 2.27 bits per heavy atom. The lowest BCUT2D eigenvalue weighted by Gasteiger charge is -2.27. The van der Waals surface area contributed by atoms with Crippen molar-refractivity contribution in [2.75, 3.05) is 26.3 Å². The molecule has 186 valence electrons. The number of rotatable bonds is 14. The van der Waals surface area contributed by atoms with Crippen LogP contribution in [-0.4, -0.2) is 48.9 Å². The zero-order valence-electron chi connectivity index (χ0n) is 21.4. The van der Waals surface area contributed by atoms with Crippen LogP contribution in [0.1, 0.15) is 84.8 Å². The number of esters is 1. The van der Waals surface area contributed by atoms with E-state index in [0.29, 0.717) is 32.7 Å². The third-order valence-electron chi connectivity index (χ3n) is 4.88. The van der Waals surface area contributed by atoms with Gasteiger partial charge in [0, 0.05) is 13.1 Å². The van der Waals surface area contributed by atoms with Gasteiger partial charge < -0.3 is 19.1 Å². The van der Waals surface area contributed by atoms with Crippen molar-refractivity contribution in [1.82, 2.24) is 4.90 Å². The lowest BCUT2D eigenvalue weighted by atomic mass is 10.1. The van der Waals surface area contributed by atoms with Crippen LogP contribution in [0, 0.1) is 0 Å². The molecule has 0 saturated heterocycles. The van der Waals surface area contributed by atoms with E-state index in [1.807, 2.05) is 56.9 Å². The third-order valence-corrected chi connectivity index (χ3v) is 4.88. The first-order valence-electron chi connectivity index (χ1n) is 12.3. The highest BCUT2D eigenvalue weighted by Gasteiger charge is 2.21. The highest BCUT2D eigenvalue weighted by Crippen LogP contribution is 2.15.